The van der Waals surface area contributed by atoms with Crippen molar-refractivity contribution >= 4 is 29.1 Å². The van der Waals surface area contributed by atoms with Crippen LogP contribution in [0.25, 0.3) is 0 Å². The van der Waals surface area contributed by atoms with Gasteiger partial charge in [0.15, 0.2) is 0 Å². The molecule has 3 rings (SSSR count). The van der Waals surface area contributed by atoms with Crippen LogP contribution in [0.4, 0.5) is 0 Å². The van der Waals surface area contributed by atoms with Gasteiger partial charge < -0.3 is 0 Å². The Morgan fingerprint density at radius 2 is 0.909 bits per heavy atom. The third kappa shape index (κ3) is 2.53. The molecule has 0 radical (unpaired) electrons. The molecule has 22 heavy (non-hydrogen) atoms. The van der Waals surface area contributed by atoms with Gasteiger partial charge in [0.1, 0.15) is 0 Å². The Kier molecular flexibility index (Phi) is 4.30. The second-order valence-corrected chi connectivity index (χ2v) is 8.81. The van der Waals surface area contributed by atoms with Crippen molar-refractivity contribution in [2.45, 2.75) is 0 Å². The van der Waals surface area contributed by atoms with Crippen LogP contribution in [0, 0.1) is 0 Å². The summed E-state index contributed by atoms with van der Waals surface area (Å²) in [7, 11) is -2.47. The summed E-state index contributed by atoms with van der Waals surface area (Å²) in [5.74, 6) is 3.85. The van der Waals surface area contributed by atoms with Gasteiger partial charge >= 0.3 is 131 Å². The number of carbonyl (C=O) groups excluding carboxylic acids is 1. The van der Waals surface area contributed by atoms with Crippen LogP contribution in [-0.4, -0.2) is 5.94 Å². The molecule has 0 saturated carbocycles. The molecule has 0 aliphatic rings. The molecule has 108 valence electrons. The van der Waals surface area contributed by atoms with Gasteiger partial charge in [0.2, 0.25) is 0 Å². The monoisotopic (exact) mass is 304 g/mol. The Labute approximate surface area is 131 Å². The summed E-state index contributed by atoms with van der Waals surface area (Å²) < 4.78 is 0. The Bertz CT molecular complexity index is 679. The van der Waals surface area contributed by atoms with Gasteiger partial charge in [-0.1, -0.05) is 0 Å². The summed E-state index contributed by atoms with van der Waals surface area (Å²) in [5.41, 5.74) is 0. The van der Waals surface area contributed by atoms with E-state index in [2.05, 4.69) is 42.3 Å². The molecule has 1 nitrogen and oxygen atoms in total. The number of hydrogen-bond donors (Lipinski definition) is 0. The quantitative estimate of drug-likeness (QED) is 0.535. The molecule has 0 spiro atoms. The first kappa shape index (κ1) is 14.5. The van der Waals surface area contributed by atoms with Gasteiger partial charge in [-0.05, 0) is 0 Å². The van der Waals surface area contributed by atoms with E-state index in [4.69, 9.17) is 0 Å². The standard InChI is InChI=1S/C20H17OP/c21-16-17-22(18-10-4-1-5-11-18,19-12-6-2-7-13-19)20-14-8-3-9-15-20/h1-15,17,22H. The molecule has 2 heteroatoms. The van der Waals surface area contributed by atoms with E-state index >= 15 is 0 Å². The van der Waals surface area contributed by atoms with E-state index in [1.807, 2.05) is 54.6 Å². The van der Waals surface area contributed by atoms with Crippen LogP contribution in [0.15, 0.2) is 96.8 Å². The molecule has 0 amide bonds. The van der Waals surface area contributed by atoms with Crippen molar-refractivity contribution < 1.29 is 4.79 Å². The summed E-state index contributed by atoms with van der Waals surface area (Å²) in [6.07, 6.45) is 0. The van der Waals surface area contributed by atoms with Gasteiger partial charge in [-0.3, -0.25) is 0 Å². The maximum atomic E-state index is 11.4. The van der Waals surface area contributed by atoms with Crippen molar-refractivity contribution in [3.05, 3.63) is 96.8 Å². The van der Waals surface area contributed by atoms with Gasteiger partial charge in [0.05, 0.1) is 0 Å². The average molecular weight is 304 g/mol. The molecule has 0 aliphatic heterocycles. The van der Waals surface area contributed by atoms with Gasteiger partial charge in [0.25, 0.3) is 0 Å². The molecule has 0 N–H and O–H groups in total. The third-order valence-corrected chi connectivity index (χ3v) is 8.25. The zero-order chi connectivity index (χ0) is 15.3. The SMILES string of the molecule is O=C=C[PH](c1ccccc1)(c1ccccc1)c1ccccc1. The molecular formula is C20H17OP. The summed E-state index contributed by atoms with van der Waals surface area (Å²) in [6.45, 7) is 0. The summed E-state index contributed by atoms with van der Waals surface area (Å²) >= 11 is 0. The molecule has 0 saturated heterocycles. The molecule has 3 aromatic carbocycles. The molecule has 0 aromatic heterocycles. The second-order valence-electron chi connectivity index (χ2n) is 5.17. The summed E-state index contributed by atoms with van der Waals surface area (Å²) in [5, 5.41) is 3.57. The number of benzene rings is 3. The molecule has 0 bridgehead atoms. The van der Waals surface area contributed by atoms with Gasteiger partial charge in [-0.25, -0.2) is 0 Å². The molecule has 0 unspecified atom stereocenters. The van der Waals surface area contributed by atoms with E-state index in [0.29, 0.717) is 0 Å². The van der Waals surface area contributed by atoms with Crippen LogP contribution in [0.2, 0.25) is 0 Å². The fourth-order valence-corrected chi connectivity index (χ4v) is 6.77. The van der Waals surface area contributed by atoms with Crippen LogP contribution in [0.3, 0.4) is 0 Å². The Morgan fingerprint density at radius 3 is 1.18 bits per heavy atom. The number of rotatable bonds is 4. The normalized spacial score (nSPS) is 11.5. The van der Waals surface area contributed by atoms with E-state index in [1.165, 1.54) is 15.9 Å². The molecular weight excluding hydrogens is 287 g/mol. The first-order valence-electron chi connectivity index (χ1n) is 7.26. The van der Waals surface area contributed by atoms with Crippen LogP contribution >= 0.6 is 7.26 Å². The zero-order valence-electron chi connectivity index (χ0n) is 12.1. The minimum absolute atomic E-state index is 1.19. The fourth-order valence-electron chi connectivity index (χ4n) is 2.94. The van der Waals surface area contributed by atoms with Crippen molar-refractivity contribution in [2.24, 2.45) is 0 Å². The van der Waals surface area contributed by atoms with Gasteiger partial charge in [0, 0.05) is 0 Å². The predicted molar refractivity (Wildman–Crippen MR) is 96.8 cm³/mol. The Morgan fingerprint density at radius 1 is 0.591 bits per heavy atom. The van der Waals surface area contributed by atoms with Crippen LogP contribution in [0.1, 0.15) is 0 Å². The molecule has 0 aliphatic carbocycles. The van der Waals surface area contributed by atoms with E-state index in [9.17, 15) is 4.79 Å². The van der Waals surface area contributed by atoms with Crippen LogP contribution in [0.5, 0.6) is 0 Å². The van der Waals surface area contributed by atoms with E-state index < -0.39 is 7.26 Å². The van der Waals surface area contributed by atoms with E-state index in [1.54, 1.807) is 5.82 Å². The summed E-state index contributed by atoms with van der Waals surface area (Å²) in [6, 6.07) is 30.9. The molecule has 0 atom stereocenters. The average Bonchev–Trinajstić information content (AvgIpc) is 2.62. The van der Waals surface area contributed by atoms with Crippen molar-refractivity contribution in [1.82, 2.24) is 0 Å². The van der Waals surface area contributed by atoms with Crippen LogP contribution in [-0.2, 0) is 4.79 Å². The molecule has 0 heterocycles. The van der Waals surface area contributed by atoms with Gasteiger partial charge in [-0.15, -0.1) is 0 Å². The maximum absolute atomic E-state index is 11.4. The molecule has 0 fully saturated rings. The fraction of sp³-hybridized carbons (Fsp3) is 0. The zero-order valence-corrected chi connectivity index (χ0v) is 13.1. The second kappa shape index (κ2) is 6.54. The first-order valence-corrected chi connectivity index (χ1v) is 9.34. The summed E-state index contributed by atoms with van der Waals surface area (Å²) in [4.78, 5) is 11.4. The van der Waals surface area contributed by atoms with E-state index in [0.717, 1.165) is 0 Å². The van der Waals surface area contributed by atoms with Crippen molar-refractivity contribution in [3.63, 3.8) is 0 Å². The first-order chi connectivity index (χ1) is 10.9. The van der Waals surface area contributed by atoms with E-state index in [-0.39, 0.29) is 0 Å². The Hall–Kier alpha value is -2.46. The minimum atomic E-state index is -2.47. The predicted octanol–water partition coefficient (Wildman–Crippen LogP) is 3.06. The third-order valence-electron chi connectivity index (χ3n) is 3.96. The Balaban J connectivity index is 2.37. The van der Waals surface area contributed by atoms with Crippen LogP contribution < -0.4 is 15.9 Å². The number of hydrogen-bond acceptors (Lipinski definition) is 1. The van der Waals surface area contributed by atoms with Crippen molar-refractivity contribution in [3.8, 4) is 0 Å². The van der Waals surface area contributed by atoms with Crippen molar-refractivity contribution in [1.29, 1.82) is 0 Å². The van der Waals surface area contributed by atoms with Crippen molar-refractivity contribution in [2.75, 3.05) is 0 Å². The topological polar surface area (TPSA) is 17.1 Å². The molecule has 3 aromatic rings. The van der Waals surface area contributed by atoms with Gasteiger partial charge in [-0.2, -0.15) is 0 Å².